The van der Waals surface area contributed by atoms with Crippen molar-refractivity contribution >= 4 is 21.8 Å². The summed E-state index contributed by atoms with van der Waals surface area (Å²) in [6.07, 6.45) is 0. The van der Waals surface area contributed by atoms with Gasteiger partial charge in [0.15, 0.2) is 11.6 Å². The first-order valence-electron chi connectivity index (χ1n) is 22.4. The van der Waals surface area contributed by atoms with Gasteiger partial charge in [0.25, 0.3) is 0 Å². The van der Waals surface area contributed by atoms with Crippen LogP contribution < -0.4 is 0 Å². The van der Waals surface area contributed by atoms with E-state index < -0.39 is 118 Å². The van der Waals surface area contributed by atoms with Gasteiger partial charge in [-0.2, -0.15) is 9.97 Å². The molecule has 0 saturated carbocycles. The Kier molecular flexibility index (Phi) is 3.27. The second-order valence-corrected chi connectivity index (χ2v) is 10.9. The summed E-state index contributed by atoms with van der Waals surface area (Å²) >= 11 is 0. The Bertz CT molecular complexity index is 3180. The maximum Gasteiger partial charge on any atom is 0.238 e. The van der Waals surface area contributed by atoms with Crippen LogP contribution in [-0.4, -0.2) is 19.5 Å². The van der Waals surface area contributed by atoms with Crippen molar-refractivity contribution in [1.29, 1.82) is 0 Å². The van der Waals surface area contributed by atoms with E-state index in [1.54, 1.807) is 42.5 Å². The van der Waals surface area contributed by atoms with E-state index in [1.807, 2.05) is 42.5 Å². The number of nitrogens with zero attached hydrogens (tertiary/aromatic N) is 4. The van der Waals surface area contributed by atoms with Gasteiger partial charge in [-0.05, 0) is 45.5 Å². The Morgan fingerprint density at radius 3 is 1.91 bits per heavy atom. The lowest BCUT2D eigenvalue weighted by Gasteiger charge is -2.22. The highest BCUT2D eigenvalue weighted by atomic mass is 15.2. The summed E-state index contributed by atoms with van der Waals surface area (Å²) in [4.78, 5) is 14.3. The third-order valence-corrected chi connectivity index (χ3v) is 8.20. The van der Waals surface area contributed by atoms with Gasteiger partial charge < -0.3 is 0 Å². The van der Waals surface area contributed by atoms with Crippen molar-refractivity contribution in [3.63, 3.8) is 0 Å². The summed E-state index contributed by atoms with van der Waals surface area (Å²) in [7, 11) is 0. The van der Waals surface area contributed by atoms with E-state index in [4.69, 9.17) is 31.4 Å². The molecular formula is C42H30N4. The highest BCUT2D eigenvalue weighted by Gasteiger charge is 2.38. The fourth-order valence-electron chi connectivity index (χ4n) is 6.09. The highest BCUT2D eigenvalue weighted by Crippen LogP contribution is 2.53. The Morgan fingerprint density at radius 1 is 0.565 bits per heavy atom. The lowest BCUT2D eigenvalue weighted by Crippen LogP contribution is -2.15. The molecule has 0 radical (unpaired) electrons. The van der Waals surface area contributed by atoms with Gasteiger partial charge in [0.2, 0.25) is 5.95 Å². The van der Waals surface area contributed by atoms with Gasteiger partial charge in [0.1, 0.15) is 0 Å². The molecule has 218 valence electrons. The molecule has 0 saturated heterocycles. The molecule has 0 aliphatic heterocycles. The van der Waals surface area contributed by atoms with Crippen molar-refractivity contribution < 1.29 is 21.9 Å². The molecular weight excluding hydrogens is 560 g/mol. The van der Waals surface area contributed by atoms with Crippen LogP contribution in [0.5, 0.6) is 0 Å². The zero-order chi connectivity index (χ0) is 44.5. The maximum absolute atomic E-state index is 9.60. The van der Waals surface area contributed by atoms with E-state index >= 15 is 0 Å². The molecule has 0 N–H and O–H groups in total. The fraction of sp³-hybridized carbons (Fsp3) is 0.0714. The molecule has 2 heterocycles. The lowest BCUT2D eigenvalue weighted by molar-refractivity contribution is 0.666. The molecule has 0 unspecified atom stereocenters. The van der Waals surface area contributed by atoms with Crippen LogP contribution in [0.3, 0.4) is 0 Å². The number of para-hydroxylation sites is 1. The number of benzene rings is 6. The van der Waals surface area contributed by atoms with Crippen LogP contribution >= 0.6 is 0 Å². The quantitative estimate of drug-likeness (QED) is 0.200. The van der Waals surface area contributed by atoms with Crippen LogP contribution in [0, 0.1) is 0 Å². The minimum atomic E-state index is -3.66. The van der Waals surface area contributed by atoms with Crippen molar-refractivity contribution in [2.75, 3.05) is 0 Å². The van der Waals surface area contributed by atoms with E-state index in [9.17, 15) is 5.48 Å². The SMILES string of the molecule is [2H]c1c([2H])c([2H])c2c(c1[2H])-c1c([2H])c([2H])c3c(c1C2(C([2H])([2H])[2H])C([2H])([2H])[2H])c1c([2H])c([2H])c([2H])c([2H])c1n3-c1nc(-c2ccccc2)nc(-c2ccc(-c3ccccc3)cc2)n1. The summed E-state index contributed by atoms with van der Waals surface area (Å²) in [5.74, 6) is -0.159. The molecule has 0 bridgehead atoms. The second-order valence-electron chi connectivity index (χ2n) is 10.9. The lowest BCUT2D eigenvalue weighted by atomic mass is 9.80. The molecule has 9 rings (SSSR count). The first kappa shape index (κ1) is 14.9. The molecule has 4 nitrogen and oxygen atoms in total. The van der Waals surface area contributed by atoms with E-state index in [0.29, 0.717) is 11.1 Å². The van der Waals surface area contributed by atoms with E-state index in [0.717, 1.165) is 15.7 Å². The molecule has 2 aromatic heterocycles. The third kappa shape index (κ3) is 3.97. The van der Waals surface area contributed by atoms with Crippen molar-refractivity contribution in [2.45, 2.75) is 19.1 Å². The topological polar surface area (TPSA) is 43.6 Å². The molecule has 6 aromatic carbocycles. The molecule has 0 amide bonds. The van der Waals surface area contributed by atoms with Gasteiger partial charge in [0.05, 0.1) is 24.7 Å². The summed E-state index contributed by atoms with van der Waals surface area (Å²) < 4.78 is 145. The first-order valence-corrected chi connectivity index (χ1v) is 14.4. The number of rotatable bonds is 4. The molecule has 0 atom stereocenters. The van der Waals surface area contributed by atoms with E-state index in [-0.39, 0.29) is 23.1 Å². The monoisotopic (exact) mass is 606 g/mol. The Morgan fingerprint density at radius 2 is 1.17 bits per heavy atom. The molecule has 4 heteroatoms. The molecule has 0 spiro atoms. The first-order chi connectivity index (χ1) is 29.2. The number of fused-ring (bicyclic) bond motifs is 7. The minimum absolute atomic E-state index is 0.0819. The normalized spacial score (nSPS) is 18.7. The maximum atomic E-state index is 9.60. The zero-order valence-electron chi connectivity index (χ0n) is 39.9. The summed E-state index contributed by atoms with van der Waals surface area (Å²) in [5.41, 5.74) is -4.09. The summed E-state index contributed by atoms with van der Waals surface area (Å²) in [6.45, 7) is -7.32. The number of hydrogen-bond donors (Lipinski definition) is 0. The Hall–Kier alpha value is -5.87. The zero-order valence-corrected chi connectivity index (χ0v) is 23.9. The molecule has 8 aromatic rings. The Balaban J connectivity index is 1.50. The minimum Gasteiger partial charge on any atom is -0.278 e. The summed E-state index contributed by atoms with van der Waals surface area (Å²) in [6, 6.07) is 17.5. The van der Waals surface area contributed by atoms with Crippen LogP contribution in [0.15, 0.2) is 145 Å². The van der Waals surface area contributed by atoms with Crippen molar-refractivity contribution in [3.05, 3.63) is 156 Å². The molecule has 1 aliphatic rings. The third-order valence-electron chi connectivity index (χ3n) is 8.20. The van der Waals surface area contributed by atoms with Crippen LogP contribution in [0.2, 0.25) is 0 Å². The van der Waals surface area contributed by atoms with Gasteiger partial charge >= 0.3 is 0 Å². The standard InChI is InChI=1S/C42H30N4/c1-42(2)34-19-11-9-17-31(34)32-25-26-36-37(38(32)42)33-18-10-12-20-35(33)46(36)41-44-39(29-15-7-4-8-16-29)43-40(45-41)30-23-21-28(22-24-30)27-13-5-3-6-14-27/h3-26H,1-2H3/i1D3,2D3,9D,10D,11D,12D,17D,18D,19D,20D,25D,26D. The highest BCUT2D eigenvalue weighted by molar-refractivity contribution is 6.14. The van der Waals surface area contributed by atoms with E-state index in [2.05, 4.69) is 0 Å². The molecule has 46 heavy (non-hydrogen) atoms. The summed E-state index contributed by atoms with van der Waals surface area (Å²) in [5, 5.41) is -0.925. The van der Waals surface area contributed by atoms with Gasteiger partial charge in [0, 0.05) is 35.5 Å². The fourth-order valence-corrected chi connectivity index (χ4v) is 6.09. The van der Waals surface area contributed by atoms with Crippen molar-refractivity contribution in [2.24, 2.45) is 0 Å². The largest absolute Gasteiger partial charge is 0.278 e. The average Bonchev–Trinajstić information content (AvgIpc) is 3.79. The van der Waals surface area contributed by atoms with E-state index in [1.165, 1.54) is 0 Å². The number of hydrogen-bond acceptors (Lipinski definition) is 3. The van der Waals surface area contributed by atoms with Gasteiger partial charge in [-0.25, -0.2) is 4.98 Å². The second kappa shape index (κ2) is 10.1. The smallest absolute Gasteiger partial charge is 0.238 e. The molecule has 1 aliphatic carbocycles. The predicted octanol–water partition coefficient (Wildman–Crippen LogP) is 10.3. The van der Waals surface area contributed by atoms with Gasteiger partial charge in [-0.3, -0.25) is 4.57 Å². The predicted molar refractivity (Wildman–Crippen MR) is 188 cm³/mol. The van der Waals surface area contributed by atoms with Gasteiger partial charge in [-0.15, -0.1) is 0 Å². The van der Waals surface area contributed by atoms with Crippen LogP contribution in [-0.2, 0) is 5.41 Å². The average molecular weight is 607 g/mol. The van der Waals surface area contributed by atoms with Crippen molar-refractivity contribution in [3.8, 4) is 51.0 Å². The number of aromatic nitrogens is 4. The van der Waals surface area contributed by atoms with Gasteiger partial charge in [-0.1, -0.05) is 147 Å². The van der Waals surface area contributed by atoms with Crippen molar-refractivity contribution in [1.82, 2.24) is 19.5 Å². The van der Waals surface area contributed by atoms with Crippen LogP contribution in [0.4, 0.5) is 0 Å². The van der Waals surface area contributed by atoms with Crippen LogP contribution in [0.1, 0.15) is 46.8 Å². The van der Waals surface area contributed by atoms with Crippen LogP contribution in [0.25, 0.3) is 72.8 Å². The molecule has 0 fully saturated rings. The Labute approximate surface area is 290 Å².